The molecule has 0 atom stereocenters. The zero-order chi connectivity index (χ0) is 4.57. The Labute approximate surface area is 45.6 Å². The Morgan fingerprint density at radius 1 is 1.67 bits per heavy atom. The molecule has 1 rings (SSSR count). The zero-order valence-electron chi connectivity index (χ0n) is 3.40. The average Bonchev–Trinajstić information content (AvgIpc) is 2.06. The third kappa shape index (κ3) is 0.843. The summed E-state index contributed by atoms with van der Waals surface area (Å²) < 4.78 is 0.370. The van der Waals surface area contributed by atoms with Crippen molar-refractivity contribution in [2.24, 2.45) is 5.92 Å². The molecule has 0 bridgehead atoms. The first-order valence-electron chi connectivity index (χ1n) is 2.06. The first-order chi connectivity index (χ1) is 2.80. The maximum absolute atomic E-state index is 10.2. The molecule has 1 nitrogen and oxygen atoms in total. The van der Waals surface area contributed by atoms with Crippen molar-refractivity contribution < 1.29 is 4.79 Å². The second-order valence-electron chi connectivity index (χ2n) is 1.64. The summed E-state index contributed by atoms with van der Waals surface area (Å²) in [4.78, 5) is 10.2. The number of carbonyl (C=O) groups is 1. The van der Waals surface area contributed by atoms with Gasteiger partial charge in [-0.25, -0.2) is 0 Å². The summed E-state index contributed by atoms with van der Waals surface area (Å²) in [5, 5.41) is 0. The second-order valence-corrected chi connectivity index (χ2v) is 2.67. The van der Waals surface area contributed by atoms with E-state index < -0.39 is 0 Å². The molecule has 1 aliphatic carbocycles. The Balaban J connectivity index is 2.31. The van der Waals surface area contributed by atoms with Crippen molar-refractivity contribution in [3.05, 3.63) is 0 Å². The molecule has 0 aromatic carbocycles. The average molecular weight is 145 g/mol. The summed E-state index contributed by atoms with van der Waals surface area (Å²) in [5.41, 5.74) is 0. The van der Waals surface area contributed by atoms with Crippen LogP contribution in [-0.4, -0.2) is 21.4 Å². The van der Waals surface area contributed by atoms with Gasteiger partial charge in [-0.3, -0.25) is 0 Å². The van der Waals surface area contributed by atoms with Gasteiger partial charge in [0.15, 0.2) is 0 Å². The SMILES string of the molecule is O=C([AsH])C1CC1. The van der Waals surface area contributed by atoms with Crippen LogP contribution in [0.5, 0.6) is 0 Å². The van der Waals surface area contributed by atoms with Crippen LogP contribution in [0.15, 0.2) is 0 Å². The van der Waals surface area contributed by atoms with E-state index in [2.05, 4.69) is 0 Å². The quantitative estimate of drug-likeness (QED) is 0.468. The normalized spacial score (nSPS) is 20.8. The summed E-state index contributed by atoms with van der Waals surface area (Å²) in [6.45, 7) is 0. The number of hydrogen-bond acceptors (Lipinski definition) is 1. The Morgan fingerprint density at radius 2 is 2.17 bits per heavy atom. The van der Waals surface area contributed by atoms with E-state index in [9.17, 15) is 4.79 Å². The van der Waals surface area contributed by atoms with E-state index in [1.807, 2.05) is 0 Å². The molecule has 0 spiro atoms. The van der Waals surface area contributed by atoms with Gasteiger partial charge in [0.2, 0.25) is 0 Å². The van der Waals surface area contributed by atoms with Crippen LogP contribution in [-0.2, 0) is 4.79 Å². The van der Waals surface area contributed by atoms with Crippen molar-refractivity contribution in [1.29, 1.82) is 0 Å². The fourth-order valence-electron chi connectivity index (χ4n) is 0.346. The number of carbonyl (C=O) groups excluding carboxylic acids is 1. The molecule has 0 aliphatic heterocycles. The molecule has 0 aromatic rings. The van der Waals surface area contributed by atoms with E-state index in [4.69, 9.17) is 0 Å². The maximum atomic E-state index is 10.2. The van der Waals surface area contributed by atoms with Crippen molar-refractivity contribution >= 4 is 21.4 Å². The summed E-state index contributed by atoms with van der Waals surface area (Å²) in [7, 11) is 0. The Bertz CT molecular complexity index is 75.6. The van der Waals surface area contributed by atoms with Gasteiger partial charge in [-0.05, 0) is 0 Å². The van der Waals surface area contributed by atoms with Crippen LogP contribution in [0, 0.1) is 5.92 Å². The molecule has 0 saturated heterocycles. The van der Waals surface area contributed by atoms with E-state index in [0.29, 0.717) is 10.5 Å². The van der Waals surface area contributed by atoms with Gasteiger partial charge in [-0.2, -0.15) is 0 Å². The molecule has 6 heavy (non-hydrogen) atoms. The van der Waals surface area contributed by atoms with Crippen LogP contribution >= 0.6 is 0 Å². The van der Waals surface area contributed by atoms with Gasteiger partial charge in [0, 0.05) is 0 Å². The molecule has 0 amide bonds. The molecule has 0 unspecified atom stereocenters. The standard InChI is InChI=1S/C4H6AsO/c5-4(6)3-1-2-3/h3,5H,1-2H2. The fourth-order valence-corrected chi connectivity index (χ4v) is 0.951. The van der Waals surface area contributed by atoms with E-state index in [-0.39, 0.29) is 0 Å². The van der Waals surface area contributed by atoms with Crippen molar-refractivity contribution in [2.45, 2.75) is 12.8 Å². The van der Waals surface area contributed by atoms with Crippen molar-refractivity contribution in [2.75, 3.05) is 0 Å². The zero-order valence-corrected chi connectivity index (χ0v) is 5.50. The monoisotopic (exact) mass is 145 g/mol. The number of hydrogen-bond donors (Lipinski definition) is 0. The minimum atomic E-state index is 0.370. The molecule has 0 heterocycles. The predicted octanol–water partition coefficient (Wildman–Crippen LogP) is -0.176. The van der Waals surface area contributed by atoms with Crippen molar-refractivity contribution in [3.63, 3.8) is 0 Å². The van der Waals surface area contributed by atoms with Crippen LogP contribution in [0.4, 0.5) is 0 Å². The topological polar surface area (TPSA) is 17.1 Å². The first-order valence-corrected chi connectivity index (χ1v) is 3.11. The molecular weight excluding hydrogens is 139 g/mol. The molecule has 2 heteroatoms. The van der Waals surface area contributed by atoms with Gasteiger partial charge in [0.25, 0.3) is 0 Å². The van der Waals surface area contributed by atoms with Gasteiger partial charge in [-0.1, -0.05) is 0 Å². The molecular formula is C4H6AsO. The second kappa shape index (κ2) is 1.38. The van der Waals surface area contributed by atoms with Crippen LogP contribution in [0.2, 0.25) is 0 Å². The summed E-state index contributed by atoms with van der Waals surface area (Å²) in [6.07, 6.45) is 2.30. The van der Waals surface area contributed by atoms with Gasteiger partial charge in [0.05, 0.1) is 0 Å². The number of rotatable bonds is 1. The minimum absolute atomic E-state index is 0.370. The van der Waals surface area contributed by atoms with E-state index in [0.717, 1.165) is 12.8 Å². The van der Waals surface area contributed by atoms with E-state index in [1.54, 1.807) is 16.9 Å². The van der Waals surface area contributed by atoms with Gasteiger partial charge in [0.1, 0.15) is 0 Å². The van der Waals surface area contributed by atoms with Gasteiger partial charge in [-0.15, -0.1) is 0 Å². The Morgan fingerprint density at radius 3 is 2.17 bits per heavy atom. The van der Waals surface area contributed by atoms with Gasteiger partial charge < -0.3 is 0 Å². The fraction of sp³-hybridized carbons (Fsp3) is 0.750. The van der Waals surface area contributed by atoms with E-state index >= 15 is 0 Å². The molecule has 1 aliphatic rings. The Kier molecular flexibility index (Phi) is 1.01. The molecule has 1 saturated carbocycles. The first kappa shape index (κ1) is 4.39. The molecule has 0 aromatic heterocycles. The van der Waals surface area contributed by atoms with Crippen LogP contribution in [0.25, 0.3) is 0 Å². The summed E-state index contributed by atoms with van der Waals surface area (Å²) >= 11 is 1.66. The third-order valence-electron chi connectivity index (χ3n) is 0.948. The van der Waals surface area contributed by atoms with Crippen molar-refractivity contribution in [3.8, 4) is 0 Å². The van der Waals surface area contributed by atoms with Crippen LogP contribution < -0.4 is 0 Å². The predicted molar refractivity (Wildman–Crippen MR) is 24.9 cm³/mol. The molecule has 1 fully saturated rings. The van der Waals surface area contributed by atoms with Crippen LogP contribution in [0.1, 0.15) is 12.8 Å². The molecule has 1 radical (unpaired) electrons. The van der Waals surface area contributed by atoms with Crippen molar-refractivity contribution in [1.82, 2.24) is 0 Å². The van der Waals surface area contributed by atoms with Gasteiger partial charge >= 0.3 is 45.0 Å². The summed E-state index contributed by atoms with van der Waals surface area (Å²) in [5.74, 6) is 0.463. The van der Waals surface area contributed by atoms with E-state index in [1.165, 1.54) is 0 Å². The summed E-state index contributed by atoms with van der Waals surface area (Å²) in [6, 6.07) is 0. The van der Waals surface area contributed by atoms with Crippen LogP contribution in [0.3, 0.4) is 0 Å². The third-order valence-corrected chi connectivity index (χ3v) is 1.80. The molecule has 33 valence electrons. The Hall–Kier alpha value is 0.228. The molecule has 0 N–H and O–H groups in total.